The van der Waals surface area contributed by atoms with Crippen LogP contribution < -0.4 is 5.32 Å². The number of rotatable bonds is 5. The molecule has 1 heterocycles. The molecule has 0 aromatic carbocycles. The van der Waals surface area contributed by atoms with Gasteiger partial charge in [-0.05, 0) is 44.6 Å². The third kappa shape index (κ3) is 3.54. The van der Waals surface area contributed by atoms with Crippen molar-refractivity contribution in [1.82, 2.24) is 5.32 Å². The number of thioether (sulfide) groups is 1. The molecule has 5 heteroatoms. The molecule has 1 aliphatic carbocycles. The van der Waals surface area contributed by atoms with Crippen LogP contribution in [-0.4, -0.2) is 30.6 Å². The molecule has 0 amide bonds. The molecule has 0 radical (unpaired) electrons. The molecular formula is C14H21NO3S. The molecule has 1 aromatic heterocycles. The third-order valence-electron chi connectivity index (χ3n) is 3.64. The Morgan fingerprint density at radius 1 is 1.53 bits per heavy atom. The summed E-state index contributed by atoms with van der Waals surface area (Å²) >= 11 is 1.95. The first kappa shape index (κ1) is 14.5. The van der Waals surface area contributed by atoms with E-state index in [2.05, 4.69) is 23.2 Å². The van der Waals surface area contributed by atoms with Crippen molar-refractivity contribution in [2.24, 2.45) is 0 Å². The minimum Gasteiger partial charge on any atom is -0.463 e. The van der Waals surface area contributed by atoms with E-state index >= 15 is 0 Å². The average Bonchev–Trinajstić information content (AvgIpc) is 3.06. The minimum atomic E-state index is -0.429. The van der Waals surface area contributed by atoms with Crippen molar-refractivity contribution in [1.29, 1.82) is 0 Å². The molecule has 3 unspecified atom stereocenters. The second-order valence-corrected chi connectivity index (χ2v) is 6.09. The first-order valence-corrected chi connectivity index (χ1v) is 7.89. The van der Waals surface area contributed by atoms with Gasteiger partial charge in [-0.3, -0.25) is 0 Å². The van der Waals surface area contributed by atoms with Crippen molar-refractivity contribution in [2.45, 2.75) is 43.5 Å². The van der Waals surface area contributed by atoms with Gasteiger partial charge in [0.05, 0.1) is 13.2 Å². The number of ether oxygens (including phenoxy) is 1. The monoisotopic (exact) mass is 283 g/mol. The molecule has 19 heavy (non-hydrogen) atoms. The average molecular weight is 283 g/mol. The molecule has 3 atom stereocenters. The Balaban J connectivity index is 1.91. The normalized spacial score (nSPS) is 24.4. The smallest absolute Gasteiger partial charge is 0.373 e. The van der Waals surface area contributed by atoms with Gasteiger partial charge < -0.3 is 14.5 Å². The van der Waals surface area contributed by atoms with Crippen molar-refractivity contribution in [3.63, 3.8) is 0 Å². The highest BCUT2D eigenvalue weighted by atomic mass is 32.2. The molecule has 0 spiro atoms. The number of carbonyl (C=O) groups excluding carboxylic acids is 1. The first-order valence-electron chi connectivity index (χ1n) is 6.61. The van der Waals surface area contributed by atoms with E-state index in [1.54, 1.807) is 6.07 Å². The van der Waals surface area contributed by atoms with E-state index in [9.17, 15) is 4.79 Å². The van der Waals surface area contributed by atoms with Gasteiger partial charge in [0.25, 0.3) is 0 Å². The zero-order chi connectivity index (χ0) is 13.8. The van der Waals surface area contributed by atoms with Gasteiger partial charge in [-0.25, -0.2) is 4.79 Å². The molecule has 106 valence electrons. The molecule has 4 nitrogen and oxygen atoms in total. The van der Waals surface area contributed by atoms with Gasteiger partial charge in [-0.15, -0.1) is 0 Å². The van der Waals surface area contributed by atoms with E-state index in [1.165, 1.54) is 26.4 Å². The number of nitrogens with one attached hydrogen (secondary N) is 1. The van der Waals surface area contributed by atoms with E-state index in [0.29, 0.717) is 6.04 Å². The Morgan fingerprint density at radius 3 is 2.95 bits per heavy atom. The van der Waals surface area contributed by atoms with Crippen molar-refractivity contribution in [2.75, 3.05) is 13.4 Å². The van der Waals surface area contributed by atoms with Gasteiger partial charge in [-0.2, -0.15) is 11.8 Å². The Labute approximate surface area is 118 Å². The van der Waals surface area contributed by atoms with Gasteiger partial charge in [0.2, 0.25) is 5.76 Å². The number of methoxy groups -OCH3 is 1. The molecule has 1 aromatic rings. The summed E-state index contributed by atoms with van der Waals surface area (Å²) < 4.78 is 10.2. The SMILES string of the molecule is COC(=O)c1ccc(C(C)NC2CCC(SC)C2)o1. The largest absolute Gasteiger partial charge is 0.463 e. The van der Waals surface area contributed by atoms with Gasteiger partial charge in [-0.1, -0.05) is 0 Å². The van der Waals surface area contributed by atoms with Crippen LogP contribution in [0.5, 0.6) is 0 Å². The van der Waals surface area contributed by atoms with E-state index in [1.807, 2.05) is 17.8 Å². The molecule has 0 saturated heterocycles. The minimum absolute atomic E-state index is 0.115. The third-order valence-corrected chi connectivity index (χ3v) is 4.74. The summed E-state index contributed by atoms with van der Waals surface area (Å²) in [5, 5.41) is 4.34. The van der Waals surface area contributed by atoms with Gasteiger partial charge in [0, 0.05) is 11.3 Å². The molecule has 1 saturated carbocycles. The van der Waals surface area contributed by atoms with Gasteiger partial charge in [0.1, 0.15) is 5.76 Å². The van der Waals surface area contributed by atoms with E-state index in [-0.39, 0.29) is 11.8 Å². The predicted octanol–water partition coefficient (Wildman–Crippen LogP) is 3.00. The summed E-state index contributed by atoms with van der Waals surface area (Å²) in [6, 6.07) is 4.16. The first-order chi connectivity index (χ1) is 9.13. The highest BCUT2D eigenvalue weighted by molar-refractivity contribution is 7.99. The predicted molar refractivity (Wildman–Crippen MR) is 76.5 cm³/mol. The maximum atomic E-state index is 11.3. The maximum absolute atomic E-state index is 11.3. The van der Waals surface area contributed by atoms with Gasteiger partial charge >= 0.3 is 5.97 Å². The van der Waals surface area contributed by atoms with Crippen LogP contribution in [0.15, 0.2) is 16.5 Å². The Kier molecular flexibility index (Phi) is 4.93. The second-order valence-electron chi connectivity index (χ2n) is 4.95. The lowest BCUT2D eigenvalue weighted by atomic mass is 10.2. The lowest BCUT2D eigenvalue weighted by Gasteiger charge is -2.17. The van der Waals surface area contributed by atoms with Crippen LogP contribution in [-0.2, 0) is 4.74 Å². The fourth-order valence-corrected chi connectivity index (χ4v) is 3.33. The molecule has 2 rings (SSSR count). The Bertz CT molecular complexity index is 432. The summed E-state index contributed by atoms with van der Waals surface area (Å²) in [5.41, 5.74) is 0. The van der Waals surface area contributed by atoms with Crippen molar-refractivity contribution in [3.05, 3.63) is 23.7 Å². The molecular weight excluding hydrogens is 262 g/mol. The second kappa shape index (κ2) is 6.48. The maximum Gasteiger partial charge on any atom is 0.373 e. The highest BCUT2D eigenvalue weighted by Crippen LogP contribution is 2.30. The summed E-state index contributed by atoms with van der Waals surface area (Å²) in [4.78, 5) is 11.3. The zero-order valence-corrected chi connectivity index (χ0v) is 12.5. The van der Waals surface area contributed by atoms with Crippen molar-refractivity contribution >= 4 is 17.7 Å². The van der Waals surface area contributed by atoms with Crippen molar-refractivity contribution in [3.8, 4) is 0 Å². The summed E-state index contributed by atoms with van der Waals surface area (Å²) in [7, 11) is 1.35. The number of carbonyl (C=O) groups is 1. The van der Waals surface area contributed by atoms with Crippen LogP contribution >= 0.6 is 11.8 Å². The van der Waals surface area contributed by atoms with Crippen molar-refractivity contribution < 1.29 is 13.9 Å². The number of furan rings is 1. The Hall–Kier alpha value is -0.940. The summed E-state index contributed by atoms with van der Waals surface area (Å²) in [6.45, 7) is 2.06. The van der Waals surface area contributed by atoms with Crippen LogP contribution in [0.4, 0.5) is 0 Å². The molecule has 0 bridgehead atoms. The van der Waals surface area contributed by atoms with Crippen LogP contribution in [0.2, 0.25) is 0 Å². The van der Waals surface area contributed by atoms with E-state index < -0.39 is 5.97 Å². The van der Waals surface area contributed by atoms with Crippen LogP contribution in [0.1, 0.15) is 48.5 Å². The lowest BCUT2D eigenvalue weighted by Crippen LogP contribution is -2.29. The molecule has 1 fully saturated rings. The van der Waals surface area contributed by atoms with E-state index in [4.69, 9.17) is 4.42 Å². The Morgan fingerprint density at radius 2 is 2.32 bits per heavy atom. The molecule has 0 aliphatic heterocycles. The highest BCUT2D eigenvalue weighted by Gasteiger charge is 2.26. The molecule has 1 aliphatic rings. The quantitative estimate of drug-likeness (QED) is 0.842. The summed E-state index contributed by atoms with van der Waals surface area (Å²) in [6.07, 6.45) is 5.86. The van der Waals surface area contributed by atoms with E-state index in [0.717, 1.165) is 11.0 Å². The van der Waals surface area contributed by atoms with Crippen LogP contribution in [0.25, 0.3) is 0 Å². The van der Waals surface area contributed by atoms with Crippen LogP contribution in [0, 0.1) is 0 Å². The lowest BCUT2D eigenvalue weighted by molar-refractivity contribution is 0.0562. The number of hydrogen-bond donors (Lipinski definition) is 1. The number of esters is 1. The summed E-state index contributed by atoms with van der Waals surface area (Å²) in [5.74, 6) is 0.620. The number of hydrogen-bond acceptors (Lipinski definition) is 5. The molecule has 1 N–H and O–H groups in total. The fraction of sp³-hybridized carbons (Fsp3) is 0.643. The fourth-order valence-electron chi connectivity index (χ4n) is 2.54. The topological polar surface area (TPSA) is 51.5 Å². The van der Waals surface area contributed by atoms with Crippen LogP contribution in [0.3, 0.4) is 0 Å². The standard InChI is InChI=1S/C14H21NO3S/c1-9(15-10-4-5-11(8-10)19-3)12-6-7-13(18-12)14(16)17-2/h6-7,9-11,15H,4-5,8H2,1-3H3. The zero-order valence-electron chi connectivity index (χ0n) is 11.6. The van der Waals surface area contributed by atoms with Gasteiger partial charge in [0.15, 0.2) is 0 Å².